The van der Waals surface area contributed by atoms with Crippen LogP contribution in [-0.4, -0.2) is 79.8 Å². The molecule has 1 atom stereocenters. The Morgan fingerprint density at radius 1 is 1.10 bits per heavy atom. The van der Waals surface area contributed by atoms with Gasteiger partial charge in [0, 0.05) is 49.3 Å². The fourth-order valence-corrected chi connectivity index (χ4v) is 3.07. The summed E-state index contributed by atoms with van der Waals surface area (Å²) in [6, 6.07) is 10.3. The molecule has 2 aromatic rings. The monoisotopic (exact) mass is 437 g/mol. The van der Waals surface area contributed by atoms with Gasteiger partial charge in [0.05, 0.1) is 16.3 Å². The van der Waals surface area contributed by atoms with Gasteiger partial charge >= 0.3 is 0 Å². The molecule has 1 aliphatic heterocycles. The van der Waals surface area contributed by atoms with Crippen molar-refractivity contribution < 1.29 is 33.1 Å². The maximum atomic E-state index is 13.1. The first kappa shape index (κ1) is 13.1. The molecule has 1 amide bonds. The van der Waals surface area contributed by atoms with Crippen LogP contribution in [0.2, 0.25) is 0 Å². The highest BCUT2D eigenvalue weighted by atomic mass is 16.5. The summed E-state index contributed by atoms with van der Waals surface area (Å²) in [6.07, 6.45) is -1.58. The molecular formula is C24H33N3O4. The molecule has 31 heavy (non-hydrogen) atoms. The van der Waals surface area contributed by atoms with Gasteiger partial charge in [0.1, 0.15) is 12.7 Å². The van der Waals surface area contributed by atoms with E-state index in [1.54, 1.807) is 24.3 Å². The van der Waals surface area contributed by atoms with Crippen molar-refractivity contribution in [3.05, 3.63) is 53.6 Å². The van der Waals surface area contributed by atoms with E-state index >= 15 is 0 Å². The van der Waals surface area contributed by atoms with E-state index in [1.807, 2.05) is 0 Å². The number of β-amino-alcohol motifs (C(OH)–C–C–N with tert-alkyl or cyclic N) is 1. The van der Waals surface area contributed by atoms with Gasteiger partial charge in [-0.15, -0.1) is 0 Å². The lowest BCUT2D eigenvalue weighted by atomic mass is 10.1. The molecule has 7 heteroatoms. The van der Waals surface area contributed by atoms with Gasteiger partial charge in [-0.2, -0.15) is 0 Å². The standard InChI is InChI=1S/C24H33N3O4/c1-18-7-6-8-19(2)24(18)25-23(29)16-27-13-11-26(12-14-27)15-20(28)17-31-22-10-5-4-9-21(22)30-3/h4-10,20,28H,11-17H2,1-3H3,(H,25,29)/i1D3,2D3,15D2,16D2. The second-order valence-electron chi connectivity index (χ2n) is 6.87. The van der Waals surface area contributed by atoms with Crippen molar-refractivity contribution in [1.82, 2.24) is 9.80 Å². The number of nitrogens with zero attached hydrogens (tertiary/aromatic N) is 2. The zero-order valence-electron chi connectivity index (χ0n) is 27.2. The Labute approximate surface area is 198 Å². The van der Waals surface area contributed by atoms with Crippen molar-refractivity contribution in [2.75, 3.05) is 58.2 Å². The summed E-state index contributed by atoms with van der Waals surface area (Å²) in [5.74, 6) is -0.515. The average Bonchev–Trinajstić information content (AvgIpc) is 2.90. The van der Waals surface area contributed by atoms with Crippen molar-refractivity contribution in [3.63, 3.8) is 0 Å². The minimum atomic E-state index is -2.77. The molecular weight excluding hydrogens is 394 g/mol. The van der Waals surface area contributed by atoms with Crippen LogP contribution in [0.1, 0.15) is 24.8 Å². The maximum Gasteiger partial charge on any atom is 0.238 e. The highest BCUT2D eigenvalue weighted by Crippen LogP contribution is 2.25. The summed E-state index contributed by atoms with van der Waals surface area (Å²) in [5, 5.41) is 12.8. The van der Waals surface area contributed by atoms with Crippen LogP contribution in [0, 0.1) is 13.7 Å². The molecule has 0 saturated carbocycles. The van der Waals surface area contributed by atoms with Crippen molar-refractivity contribution in [3.8, 4) is 11.5 Å². The number of piperazine rings is 1. The third-order valence-corrected chi connectivity index (χ3v) is 4.64. The number of hydrogen-bond donors (Lipinski definition) is 2. The number of hydrogen-bond acceptors (Lipinski definition) is 6. The fourth-order valence-electron chi connectivity index (χ4n) is 3.07. The Morgan fingerprint density at radius 2 is 1.74 bits per heavy atom. The summed E-state index contributed by atoms with van der Waals surface area (Å²) in [5.41, 5.74) is -1.36. The van der Waals surface area contributed by atoms with E-state index in [4.69, 9.17) is 23.2 Å². The van der Waals surface area contributed by atoms with Crippen molar-refractivity contribution in [2.24, 2.45) is 0 Å². The fraction of sp³-hybridized carbons (Fsp3) is 0.458. The van der Waals surface area contributed by atoms with E-state index in [1.165, 1.54) is 18.1 Å². The third kappa shape index (κ3) is 6.69. The number of anilines is 1. The maximum absolute atomic E-state index is 13.1. The van der Waals surface area contributed by atoms with Crippen LogP contribution in [0.15, 0.2) is 42.5 Å². The zero-order chi connectivity index (χ0) is 30.8. The number of ether oxygens (including phenoxy) is 2. The number of carbonyl (C=O) groups is 1. The molecule has 2 aromatic carbocycles. The van der Waals surface area contributed by atoms with Crippen molar-refractivity contribution in [1.29, 1.82) is 0 Å². The number of aliphatic hydroxyl groups excluding tert-OH is 1. The smallest absolute Gasteiger partial charge is 0.238 e. The van der Waals surface area contributed by atoms with Gasteiger partial charge in [0.25, 0.3) is 0 Å². The summed E-state index contributed by atoms with van der Waals surface area (Å²) in [7, 11) is 1.45. The molecule has 1 aliphatic rings. The number of para-hydroxylation sites is 3. The largest absolute Gasteiger partial charge is 0.493 e. The Bertz CT molecular complexity index is 1180. The number of amides is 1. The SMILES string of the molecule is [2H]C([2H])([2H])c1cccc(C([2H])([2H])[2H])c1NC(=O)C([2H])([2H])N1CCN(C([2H])([2H])C(O)COc2ccccc2OC)CC1. The van der Waals surface area contributed by atoms with Crippen LogP contribution in [-0.2, 0) is 4.79 Å². The molecule has 1 fully saturated rings. The predicted octanol–water partition coefficient (Wildman–Crippen LogP) is 2.31. The molecule has 0 aliphatic carbocycles. The van der Waals surface area contributed by atoms with E-state index in [-0.39, 0.29) is 32.8 Å². The molecule has 7 nitrogen and oxygen atoms in total. The molecule has 0 bridgehead atoms. The summed E-state index contributed by atoms with van der Waals surface area (Å²) in [6.45, 7) is -11.2. The number of benzene rings is 2. The molecule has 1 unspecified atom stereocenters. The van der Waals surface area contributed by atoms with Gasteiger partial charge in [-0.3, -0.25) is 14.6 Å². The minimum absolute atomic E-state index is 0.0577. The minimum Gasteiger partial charge on any atom is -0.493 e. The Kier molecular flexibility index (Phi) is 4.69. The molecule has 2 N–H and O–H groups in total. The van der Waals surface area contributed by atoms with Gasteiger partial charge < -0.3 is 19.9 Å². The molecule has 0 spiro atoms. The lowest BCUT2D eigenvalue weighted by Gasteiger charge is -2.35. The van der Waals surface area contributed by atoms with Crippen molar-refractivity contribution in [2.45, 2.75) is 19.8 Å². The van der Waals surface area contributed by atoms with Gasteiger partial charge in [-0.25, -0.2) is 0 Å². The first-order valence-electron chi connectivity index (χ1n) is 14.8. The van der Waals surface area contributed by atoms with Crippen LogP contribution in [0.3, 0.4) is 0 Å². The lowest BCUT2D eigenvalue weighted by molar-refractivity contribution is -0.117. The Morgan fingerprint density at radius 3 is 2.39 bits per heavy atom. The summed E-state index contributed by atoms with van der Waals surface area (Å²) < 4.78 is 91.0. The lowest BCUT2D eigenvalue weighted by Crippen LogP contribution is -2.50. The summed E-state index contributed by atoms with van der Waals surface area (Å²) in [4.78, 5) is 15.5. The number of nitrogens with one attached hydrogen (secondary N) is 1. The molecule has 3 rings (SSSR count). The third-order valence-electron chi connectivity index (χ3n) is 4.64. The highest BCUT2D eigenvalue weighted by molar-refractivity contribution is 5.93. The molecule has 0 radical (unpaired) electrons. The second-order valence-corrected chi connectivity index (χ2v) is 6.87. The van der Waals surface area contributed by atoms with Crippen LogP contribution in [0.25, 0.3) is 0 Å². The molecule has 168 valence electrons. The van der Waals surface area contributed by atoms with E-state index in [2.05, 4.69) is 5.32 Å². The number of carbonyl (C=O) groups excluding carboxylic acids is 1. The van der Waals surface area contributed by atoms with E-state index in [0.717, 1.165) is 17.0 Å². The molecule has 0 aromatic heterocycles. The van der Waals surface area contributed by atoms with E-state index in [0.29, 0.717) is 11.5 Å². The van der Waals surface area contributed by atoms with Crippen molar-refractivity contribution >= 4 is 11.6 Å². The van der Waals surface area contributed by atoms with Crippen LogP contribution < -0.4 is 14.8 Å². The van der Waals surface area contributed by atoms with Crippen LogP contribution in [0.5, 0.6) is 11.5 Å². The number of rotatable bonds is 9. The topological polar surface area (TPSA) is 74.3 Å². The normalized spacial score (nSPS) is 22.5. The Hall–Kier alpha value is -2.61. The van der Waals surface area contributed by atoms with Gasteiger partial charge in [-0.05, 0) is 37.0 Å². The molecule has 1 heterocycles. The average molecular weight is 438 g/mol. The second kappa shape index (κ2) is 11.1. The number of methoxy groups -OCH3 is 1. The van der Waals surface area contributed by atoms with Crippen LogP contribution >= 0.6 is 0 Å². The number of aryl methyl sites for hydroxylation is 2. The van der Waals surface area contributed by atoms with Gasteiger partial charge in [-0.1, -0.05) is 30.3 Å². The van der Waals surface area contributed by atoms with Crippen LogP contribution in [0.4, 0.5) is 5.69 Å². The predicted molar refractivity (Wildman–Crippen MR) is 122 cm³/mol. The summed E-state index contributed by atoms with van der Waals surface area (Å²) >= 11 is 0. The quantitative estimate of drug-likeness (QED) is 0.627. The van der Waals surface area contributed by atoms with Gasteiger partial charge in [0.15, 0.2) is 11.5 Å². The highest BCUT2D eigenvalue weighted by Gasteiger charge is 2.21. The number of aliphatic hydroxyl groups is 1. The molecule has 1 saturated heterocycles. The van der Waals surface area contributed by atoms with Gasteiger partial charge in [0.2, 0.25) is 5.91 Å². The Balaban J connectivity index is 1.69. The van der Waals surface area contributed by atoms with E-state index < -0.39 is 55.5 Å². The first-order chi connectivity index (χ1) is 18.9. The first-order valence-corrected chi connectivity index (χ1v) is 9.80. The zero-order valence-corrected chi connectivity index (χ0v) is 17.2. The van der Waals surface area contributed by atoms with E-state index in [9.17, 15) is 9.90 Å².